The van der Waals surface area contributed by atoms with E-state index < -0.39 is 0 Å². The van der Waals surface area contributed by atoms with Gasteiger partial charge in [-0.25, -0.2) is 4.98 Å². The number of aromatic nitrogens is 3. The van der Waals surface area contributed by atoms with Crippen LogP contribution in [0.4, 0.5) is 0 Å². The molecule has 6 heteroatoms. The third-order valence-corrected chi connectivity index (χ3v) is 2.82. The number of hydrogen-bond donors (Lipinski definition) is 2. The van der Waals surface area contributed by atoms with Gasteiger partial charge in [0.1, 0.15) is 5.15 Å². The molecule has 2 aromatic heterocycles. The van der Waals surface area contributed by atoms with Gasteiger partial charge in [-0.05, 0) is 18.6 Å². The lowest BCUT2D eigenvalue weighted by atomic mass is 10.1. The third kappa shape index (κ3) is 3.79. The van der Waals surface area contributed by atoms with Crippen LogP contribution in [0.15, 0.2) is 24.5 Å². The summed E-state index contributed by atoms with van der Waals surface area (Å²) in [5, 5.41) is 9.67. The number of pyridine rings is 1. The topological polar surface area (TPSA) is 70.7 Å². The van der Waals surface area contributed by atoms with Crippen molar-refractivity contribution in [3.05, 3.63) is 46.5 Å². The molecule has 0 aliphatic carbocycles. The highest BCUT2D eigenvalue weighted by Gasteiger charge is 2.09. The van der Waals surface area contributed by atoms with Gasteiger partial charge in [-0.1, -0.05) is 24.9 Å². The fraction of sp³-hybridized carbons (Fsp3) is 0.308. The molecule has 5 nitrogen and oxygen atoms in total. The minimum absolute atomic E-state index is 0.164. The van der Waals surface area contributed by atoms with E-state index in [0.717, 1.165) is 24.1 Å². The molecule has 2 aromatic rings. The number of carbonyl (C=O) groups excluding carboxylic acids is 1. The summed E-state index contributed by atoms with van der Waals surface area (Å²) in [5.74, 6) is -0.164. The first-order valence-electron chi connectivity index (χ1n) is 6.11. The Bertz CT molecular complexity index is 554. The molecular weight excluding hydrogens is 264 g/mol. The van der Waals surface area contributed by atoms with Gasteiger partial charge in [-0.2, -0.15) is 5.10 Å². The van der Waals surface area contributed by atoms with Gasteiger partial charge in [0, 0.05) is 29.6 Å². The maximum atomic E-state index is 12.0. The summed E-state index contributed by atoms with van der Waals surface area (Å²) in [6.07, 6.45) is 5.18. The molecule has 2 heterocycles. The number of aryl methyl sites for hydroxylation is 1. The lowest BCUT2D eigenvalue weighted by molar-refractivity contribution is 0.0950. The molecule has 0 aliphatic heterocycles. The lowest BCUT2D eigenvalue weighted by Crippen LogP contribution is -2.22. The summed E-state index contributed by atoms with van der Waals surface area (Å²) in [6.45, 7) is 2.49. The molecule has 0 radical (unpaired) electrons. The van der Waals surface area contributed by atoms with Crippen LogP contribution in [0.3, 0.4) is 0 Å². The van der Waals surface area contributed by atoms with E-state index in [0.29, 0.717) is 17.3 Å². The standard InChI is InChI=1S/C13H15ClN4O/c1-2-3-11-4-10(5-12(14)18-11)13(19)15-6-9-7-16-17-8-9/h4-5,7-8H,2-3,6H2,1H3,(H,15,19)(H,16,17). The highest BCUT2D eigenvalue weighted by atomic mass is 35.5. The first-order chi connectivity index (χ1) is 9.19. The Labute approximate surface area is 116 Å². The molecule has 0 atom stereocenters. The van der Waals surface area contributed by atoms with Crippen molar-refractivity contribution in [1.29, 1.82) is 0 Å². The number of H-pyrrole nitrogens is 1. The Morgan fingerprint density at radius 2 is 2.32 bits per heavy atom. The van der Waals surface area contributed by atoms with Gasteiger partial charge in [0.2, 0.25) is 0 Å². The monoisotopic (exact) mass is 278 g/mol. The highest BCUT2D eigenvalue weighted by Crippen LogP contribution is 2.12. The molecule has 100 valence electrons. The van der Waals surface area contributed by atoms with Crippen LogP contribution >= 0.6 is 11.6 Å². The number of carbonyl (C=O) groups is 1. The van der Waals surface area contributed by atoms with Crippen LogP contribution < -0.4 is 5.32 Å². The minimum Gasteiger partial charge on any atom is -0.348 e. The number of amides is 1. The normalized spacial score (nSPS) is 10.4. The van der Waals surface area contributed by atoms with Crippen molar-refractivity contribution in [2.45, 2.75) is 26.3 Å². The Hall–Kier alpha value is -1.88. The quantitative estimate of drug-likeness (QED) is 0.825. The van der Waals surface area contributed by atoms with Gasteiger partial charge in [0.25, 0.3) is 5.91 Å². The van der Waals surface area contributed by atoms with Crippen LogP contribution in [0.5, 0.6) is 0 Å². The predicted octanol–water partition coefficient (Wildman–Crippen LogP) is 2.34. The molecule has 0 fully saturated rings. The summed E-state index contributed by atoms with van der Waals surface area (Å²) >= 11 is 5.92. The third-order valence-electron chi connectivity index (χ3n) is 2.62. The molecule has 1 amide bonds. The molecule has 0 saturated heterocycles. The van der Waals surface area contributed by atoms with Crippen LogP contribution in [0.1, 0.15) is 35.0 Å². The Morgan fingerprint density at radius 3 is 3.00 bits per heavy atom. The zero-order valence-electron chi connectivity index (χ0n) is 10.6. The van der Waals surface area contributed by atoms with Crippen LogP contribution in [0, 0.1) is 0 Å². The lowest BCUT2D eigenvalue weighted by Gasteiger charge is -2.06. The number of rotatable bonds is 5. The molecule has 0 spiro atoms. The second kappa shape index (κ2) is 6.33. The van der Waals surface area contributed by atoms with Crippen molar-refractivity contribution in [3.63, 3.8) is 0 Å². The Kier molecular flexibility index (Phi) is 4.52. The van der Waals surface area contributed by atoms with E-state index in [1.165, 1.54) is 0 Å². The average Bonchev–Trinajstić information content (AvgIpc) is 2.88. The number of halogens is 1. The molecule has 19 heavy (non-hydrogen) atoms. The van der Waals surface area contributed by atoms with Crippen molar-refractivity contribution in [1.82, 2.24) is 20.5 Å². The van der Waals surface area contributed by atoms with Gasteiger partial charge in [0.05, 0.1) is 6.20 Å². The van der Waals surface area contributed by atoms with Gasteiger partial charge < -0.3 is 5.32 Å². The minimum atomic E-state index is -0.164. The van der Waals surface area contributed by atoms with E-state index in [2.05, 4.69) is 27.4 Å². The fourth-order valence-corrected chi connectivity index (χ4v) is 1.95. The van der Waals surface area contributed by atoms with Crippen molar-refractivity contribution in [2.24, 2.45) is 0 Å². The molecule has 0 aromatic carbocycles. The van der Waals surface area contributed by atoms with Crippen LogP contribution in [-0.4, -0.2) is 21.1 Å². The van der Waals surface area contributed by atoms with E-state index in [1.807, 2.05) is 0 Å². The number of hydrogen-bond acceptors (Lipinski definition) is 3. The zero-order valence-corrected chi connectivity index (χ0v) is 11.4. The van der Waals surface area contributed by atoms with Gasteiger partial charge >= 0.3 is 0 Å². The maximum Gasteiger partial charge on any atom is 0.251 e. The number of aromatic amines is 1. The summed E-state index contributed by atoms with van der Waals surface area (Å²) in [6, 6.07) is 3.35. The molecule has 0 saturated carbocycles. The van der Waals surface area contributed by atoms with Crippen molar-refractivity contribution in [2.75, 3.05) is 0 Å². The van der Waals surface area contributed by atoms with E-state index in [-0.39, 0.29) is 5.91 Å². The predicted molar refractivity (Wildman–Crippen MR) is 73.0 cm³/mol. The summed E-state index contributed by atoms with van der Waals surface area (Å²) < 4.78 is 0. The molecule has 0 bridgehead atoms. The molecule has 2 rings (SSSR count). The maximum absolute atomic E-state index is 12.0. The SMILES string of the molecule is CCCc1cc(C(=O)NCc2cn[nH]c2)cc(Cl)n1. The first kappa shape index (κ1) is 13.5. The summed E-state index contributed by atoms with van der Waals surface area (Å²) in [4.78, 5) is 16.2. The fourth-order valence-electron chi connectivity index (χ4n) is 1.73. The Morgan fingerprint density at radius 1 is 1.47 bits per heavy atom. The average molecular weight is 279 g/mol. The molecule has 0 aliphatic rings. The second-order valence-corrected chi connectivity index (χ2v) is 4.60. The zero-order chi connectivity index (χ0) is 13.7. The van der Waals surface area contributed by atoms with Crippen LogP contribution in [-0.2, 0) is 13.0 Å². The van der Waals surface area contributed by atoms with E-state index >= 15 is 0 Å². The van der Waals surface area contributed by atoms with E-state index in [9.17, 15) is 4.79 Å². The van der Waals surface area contributed by atoms with Gasteiger partial charge in [-0.15, -0.1) is 0 Å². The van der Waals surface area contributed by atoms with Gasteiger partial charge in [0.15, 0.2) is 0 Å². The van der Waals surface area contributed by atoms with Crippen LogP contribution in [0.2, 0.25) is 5.15 Å². The summed E-state index contributed by atoms with van der Waals surface area (Å²) in [5.41, 5.74) is 2.29. The highest BCUT2D eigenvalue weighted by molar-refractivity contribution is 6.29. The second-order valence-electron chi connectivity index (χ2n) is 4.21. The number of nitrogens with zero attached hydrogens (tertiary/aromatic N) is 2. The van der Waals surface area contributed by atoms with Gasteiger partial charge in [-0.3, -0.25) is 9.89 Å². The largest absolute Gasteiger partial charge is 0.348 e. The van der Waals surface area contributed by atoms with E-state index in [4.69, 9.17) is 11.6 Å². The Balaban J connectivity index is 2.05. The molecule has 2 N–H and O–H groups in total. The van der Waals surface area contributed by atoms with Crippen molar-refractivity contribution >= 4 is 17.5 Å². The van der Waals surface area contributed by atoms with Crippen LogP contribution in [0.25, 0.3) is 0 Å². The van der Waals surface area contributed by atoms with E-state index in [1.54, 1.807) is 24.5 Å². The first-order valence-corrected chi connectivity index (χ1v) is 6.49. The smallest absolute Gasteiger partial charge is 0.251 e. The molecule has 0 unspecified atom stereocenters. The van der Waals surface area contributed by atoms with Crippen molar-refractivity contribution in [3.8, 4) is 0 Å². The summed E-state index contributed by atoms with van der Waals surface area (Å²) in [7, 11) is 0. The van der Waals surface area contributed by atoms with Crippen molar-refractivity contribution < 1.29 is 4.79 Å². The molecular formula is C13H15ClN4O. The number of nitrogens with one attached hydrogen (secondary N) is 2.